The fraction of sp³-hybridized carbons (Fsp3) is 0.286. The maximum absolute atomic E-state index is 10.0. The zero-order chi connectivity index (χ0) is 11.0. The molecule has 1 aromatic rings. The topological polar surface area (TPSA) is 76.5 Å². The van der Waals surface area contributed by atoms with E-state index in [9.17, 15) is 9.59 Å². The van der Waals surface area contributed by atoms with Gasteiger partial charge in [-0.15, -0.1) is 11.3 Å². The van der Waals surface area contributed by atoms with Gasteiger partial charge < -0.3 is 9.84 Å². The van der Waals surface area contributed by atoms with Crippen LogP contribution >= 0.6 is 22.9 Å². The van der Waals surface area contributed by atoms with E-state index in [4.69, 9.17) is 16.7 Å². The van der Waals surface area contributed by atoms with Crippen LogP contribution in [0, 0.1) is 0 Å². The predicted molar refractivity (Wildman–Crippen MR) is 51.9 cm³/mol. The van der Waals surface area contributed by atoms with Crippen molar-refractivity contribution in [2.45, 2.75) is 6.92 Å². The lowest BCUT2D eigenvalue weighted by molar-refractivity contribution is 0.0691. The Labute approximate surface area is 89.3 Å². The van der Waals surface area contributed by atoms with Crippen LogP contribution in [0.5, 0.6) is 0 Å². The molecule has 0 aliphatic carbocycles. The SMILES string of the molecule is CCOC(=O)Cl.O=C(O)c1cscn1. The van der Waals surface area contributed by atoms with E-state index >= 15 is 0 Å². The Bertz CT molecular complexity index is 288. The van der Waals surface area contributed by atoms with Crippen LogP contribution in [0.2, 0.25) is 0 Å². The summed E-state index contributed by atoms with van der Waals surface area (Å²) in [5.41, 5.74) is 0.871. The van der Waals surface area contributed by atoms with Gasteiger partial charge in [-0.1, -0.05) is 0 Å². The maximum atomic E-state index is 10.0. The van der Waals surface area contributed by atoms with Crippen LogP contribution in [-0.4, -0.2) is 28.1 Å². The van der Waals surface area contributed by atoms with Crippen molar-refractivity contribution < 1.29 is 19.4 Å². The summed E-state index contributed by atoms with van der Waals surface area (Å²) in [7, 11) is 0. The third-order valence-electron chi connectivity index (χ3n) is 0.909. The smallest absolute Gasteiger partial charge is 0.403 e. The molecule has 0 fully saturated rings. The summed E-state index contributed by atoms with van der Waals surface area (Å²) in [5, 5.41) is 9.71. The van der Waals surface area contributed by atoms with Gasteiger partial charge in [0.25, 0.3) is 0 Å². The number of hydrogen-bond acceptors (Lipinski definition) is 5. The molecule has 0 saturated heterocycles. The van der Waals surface area contributed by atoms with Gasteiger partial charge in [0.15, 0.2) is 5.69 Å². The quantitative estimate of drug-likeness (QED) is 0.798. The molecule has 0 aromatic carbocycles. The molecule has 0 spiro atoms. The van der Waals surface area contributed by atoms with E-state index in [2.05, 4.69) is 9.72 Å². The highest BCUT2D eigenvalue weighted by Gasteiger charge is 2.00. The zero-order valence-corrected chi connectivity index (χ0v) is 8.84. The first-order chi connectivity index (χ1) is 6.57. The summed E-state index contributed by atoms with van der Waals surface area (Å²) < 4.78 is 4.17. The Balaban J connectivity index is 0.000000255. The second-order valence-electron chi connectivity index (χ2n) is 1.85. The highest BCUT2D eigenvalue weighted by atomic mass is 35.5. The Morgan fingerprint density at radius 3 is 2.50 bits per heavy atom. The number of rotatable bonds is 2. The minimum atomic E-state index is -0.966. The minimum Gasteiger partial charge on any atom is -0.476 e. The summed E-state index contributed by atoms with van der Waals surface area (Å²) in [4.78, 5) is 23.1. The molecule has 7 heteroatoms. The van der Waals surface area contributed by atoms with Crippen LogP contribution in [0.4, 0.5) is 4.79 Å². The van der Waals surface area contributed by atoms with Gasteiger partial charge in [-0.2, -0.15) is 0 Å². The molecule has 0 radical (unpaired) electrons. The molecule has 14 heavy (non-hydrogen) atoms. The highest BCUT2D eigenvalue weighted by Crippen LogP contribution is 1.98. The van der Waals surface area contributed by atoms with Crippen molar-refractivity contribution in [1.82, 2.24) is 4.98 Å². The number of carbonyl (C=O) groups is 2. The van der Waals surface area contributed by atoms with Crippen LogP contribution in [0.15, 0.2) is 10.9 Å². The van der Waals surface area contributed by atoms with Gasteiger partial charge in [0.1, 0.15) is 0 Å². The number of aromatic carboxylic acids is 1. The lowest BCUT2D eigenvalue weighted by Crippen LogP contribution is -1.94. The number of nitrogens with zero attached hydrogens (tertiary/aromatic N) is 1. The largest absolute Gasteiger partial charge is 0.476 e. The van der Waals surface area contributed by atoms with E-state index in [1.807, 2.05) is 0 Å². The Kier molecular flexibility index (Phi) is 6.69. The summed E-state index contributed by atoms with van der Waals surface area (Å²) in [6.45, 7) is 2.04. The maximum Gasteiger partial charge on any atom is 0.403 e. The van der Waals surface area contributed by atoms with Crippen LogP contribution < -0.4 is 0 Å². The van der Waals surface area contributed by atoms with Gasteiger partial charge in [-0.25, -0.2) is 14.6 Å². The fourth-order valence-corrected chi connectivity index (χ4v) is 1.07. The number of ether oxygens (including phenoxy) is 1. The molecule has 1 aromatic heterocycles. The van der Waals surface area contributed by atoms with E-state index < -0.39 is 11.4 Å². The molecule has 1 rings (SSSR count). The normalized spacial score (nSPS) is 8.43. The number of carbonyl (C=O) groups excluding carboxylic acids is 1. The molecule has 0 bridgehead atoms. The minimum absolute atomic E-state index is 0.120. The number of carboxylic acids is 1. The highest BCUT2D eigenvalue weighted by molar-refractivity contribution is 7.07. The van der Waals surface area contributed by atoms with Gasteiger partial charge in [0.05, 0.1) is 12.1 Å². The Morgan fingerprint density at radius 2 is 2.36 bits per heavy atom. The first-order valence-electron chi connectivity index (χ1n) is 3.51. The number of aromatic nitrogens is 1. The number of hydrogen-bond donors (Lipinski definition) is 1. The van der Waals surface area contributed by atoms with E-state index in [-0.39, 0.29) is 5.69 Å². The Hall–Kier alpha value is -1.14. The number of halogens is 1. The Morgan fingerprint density at radius 1 is 1.71 bits per heavy atom. The third-order valence-corrected chi connectivity index (χ3v) is 1.60. The molecule has 0 atom stereocenters. The van der Waals surface area contributed by atoms with Gasteiger partial charge in [0.2, 0.25) is 0 Å². The second-order valence-corrected chi connectivity index (χ2v) is 2.88. The second kappa shape index (κ2) is 7.28. The van der Waals surface area contributed by atoms with Gasteiger partial charge >= 0.3 is 11.4 Å². The third kappa shape index (κ3) is 6.38. The molecule has 0 saturated carbocycles. The lowest BCUT2D eigenvalue weighted by Gasteiger charge is -1.86. The molecule has 0 unspecified atom stereocenters. The van der Waals surface area contributed by atoms with E-state index in [0.717, 1.165) is 0 Å². The van der Waals surface area contributed by atoms with Crippen molar-refractivity contribution in [1.29, 1.82) is 0 Å². The van der Waals surface area contributed by atoms with Crippen LogP contribution in [0.3, 0.4) is 0 Å². The van der Waals surface area contributed by atoms with Gasteiger partial charge in [-0.3, -0.25) is 0 Å². The summed E-state index contributed by atoms with van der Waals surface area (Å²) in [6.07, 6.45) is 0. The zero-order valence-electron chi connectivity index (χ0n) is 7.27. The van der Waals surface area contributed by atoms with Gasteiger partial charge in [-0.05, 0) is 6.92 Å². The molecule has 1 heterocycles. The average Bonchev–Trinajstić information content (AvgIpc) is 2.56. The molecular formula is C7H8ClNO4S. The van der Waals surface area contributed by atoms with Crippen molar-refractivity contribution in [2.75, 3.05) is 6.61 Å². The van der Waals surface area contributed by atoms with Crippen molar-refractivity contribution >= 4 is 34.3 Å². The molecule has 78 valence electrons. The van der Waals surface area contributed by atoms with Crippen LogP contribution in [-0.2, 0) is 4.74 Å². The molecule has 0 aliphatic heterocycles. The monoisotopic (exact) mass is 237 g/mol. The van der Waals surface area contributed by atoms with Crippen molar-refractivity contribution in [3.05, 3.63) is 16.6 Å². The average molecular weight is 238 g/mol. The predicted octanol–water partition coefficient (Wildman–Crippen LogP) is 2.22. The molecule has 0 aliphatic rings. The fourth-order valence-electron chi connectivity index (χ4n) is 0.432. The summed E-state index contributed by atoms with van der Waals surface area (Å²) in [6, 6.07) is 0. The van der Waals surface area contributed by atoms with Crippen LogP contribution in [0.25, 0.3) is 0 Å². The van der Waals surface area contributed by atoms with Crippen molar-refractivity contribution in [3.8, 4) is 0 Å². The molecule has 0 amide bonds. The molecule has 1 N–H and O–H groups in total. The number of carboxylic acid groups (broad SMARTS) is 1. The first kappa shape index (κ1) is 12.9. The van der Waals surface area contributed by atoms with Crippen LogP contribution in [0.1, 0.15) is 17.4 Å². The molecular weight excluding hydrogens is 230 g/mol. The standard InChI is InChI=1S/C4H3NO2S.C3H5ClO2/c6-4(7)3-1-8-2-5-3;1-2-6-3(4)5/h1-2H,(H,6,7);2H2,1H3. The van der Waals surface area contributed by atoms with Crippen molar-refractivity contribution in [3.63, 3.8) is 0 Å². The van der Waals surface area contributed by atoms with E-state index in [0.29, 0.717) is 6.61 Å². The summed E-state index contributed by atoms with van der Waals surface area (Å²) >= 11 is 5.99. The van der Waals surface area contributed by atoms with Crippen molar-refractivity contribution in [2.24, 2.45) is 0 Å². The number of thiazole rings is 1. The lowest BCUT2D eigenvalue weighted by atomic mass is 10.5. The van der Waals surface area contributed by atoms with Gasteiger partial charge in [0, 0.05) is 17.0 Å². The first-order valence-corrected chi connectivity index (χ1v) is 4.83. The van der Waals surface area contributed by atoms with E-state index in [1.165, 1.54) is 22.2 Å². The summed E-state index contributed by atoms with van der Waals surface area (Å²) in [5.74, 6) is -0.966. The molecule has 5 nitrogen and oxygen atoms in total. The van der Waals surface area contributed by atoms with E-state index in [1.54, 1.807) is 6.92 Å².